The number of aromatic nitrogens is 1. The Kier molecular flexibility index (Phi) is 6.24. The van der Waals surface area contributed by atoms with Gasteiger partial charge in [-0.1, -0.05) is 21.4 Å². The van der Waals surface area contributed by atoms with E-state index in [1.807, 2.05) is 0 Å². The van der Waals surface area contributed by atoms with Crippen molar-refractivity contribution in [3.8, 4) is 5.88 Å². The Bertz CT molecular complexity index is 322. The average molecular weight is 294 g/mol. The molecule has 0 atom stereocenters. The average Bonchev–Trinajstić information content (AvgIpc) is 2.01. The Morgan fingerprint density at radius 3 is 2.36 bits per heavy atom. The van der Waals surface area contributed by atoms with E-state index in [-0.39, 0.29) is 61.7 Å². The number of nitrogens with zero attached hydrogens (tertiary/aromatic N) is 1. The summed E-state index contributed by atoms with van der Waals surface area (Å²) in [6, 6.07) is 1.19. The first kappa shape index (κ1) is 14.9. The summed E-state index contributed by atoms with van der Waals surface area (Å²) in [5.74, 6) is 0.149. The molecule has 0 fully saturated rings. The number of pyridine rings is 1. The fourth-order valence-corrected chi connectivity index (χ4v) is 1.33. The zero-order valence-electron chi connectivity index (χ0n) is 7.60. The van der Waals surface area contributed by atoms with Crippen molar-refractivity contribution in [1.82, 2.24) is 4.98 Å². The molecule has 0 spiro atoms. The first-order valence-electron chi connectivity index (χ1n) is 3.34. The number of halogens is 4. The third-order valence-electron chi connectivity index (χ3n) is 1.42. The molecule has 0 N–H and O–H groups in total. The molecule has 0 saturated carbocycles. The molecule has 2 nitrogen and oxygen atoms in total. The molecule has 0 aromatic carbocycles. The van der Waals surface area contributed by atoms with Gasteiger partial charge in [0.15, 0.2) is 0 Å². The van der Waals surface area contributed by atoms with Gasteiger partial charge in [-0.2, -0.15) is 0 Å². The van der Waals surface area contributed by atoms with E-state index in [2.05, 4.69) is 25.7 Å². The van der Waals surface area contributed by atoms with Crippen LogP contribution in [0.25, 0.3) is 0 Å². The Morgan fingerprint density at radius 1 is 1.43 bits per heavy atom. The summed E-state index contributed by atoms with van der Waals surface area (Å²) in [5, 5.41) is 0. The maximum Gasteiger partial charge on any atom is 1.00 e. The van der Waals surface area contributed by atoms with E-state index in [0.717, 1.165) is 6.20 Å². The van der Waals surface area contributed by atoms with Gasteiger partial charge in [0.1, 0.15) is 0 Å². The van der Waals surface area contributed by atoms with Gasteiger partial charge in [0, 0.05) is 12.3 Å². The monoisotopic (exact) mass is 293 g/mol. The Morgan fingerprint density at radius 2 is 2.00 bits per heavy atom. The topological polar surface area (TPSA) is 22.1 Å². The van der Waals surface area contributed by atoms with Crippen molar-refractivity contribution in [3.05, 3.63) is 16.7 Å². The second kappa shape index (κ2) is 5.86. The minimum absolute atomic E-state index is 0. The van der Waals surface area contributed by atoms with Crippen LogP contribution in [-0.2, 0) is 0 Å². The van der Waals surface area contributed by atoms with Crippen molar-refractivity contribution in [2.24, 2.45) is 0 Å². The second-order valence-corrected chi connectivity index (χ2v) is 3.18. The Labute approximate surface area is 130 Å². The summed E-state index contributed by atoms with van der Waals surface area (Å²) >= 11 is 2.80. The number of ether oxygens (including phenoxy) is 1. The Hall–Kier alpha value is 0.921. The summed E-state index contributed by atoms with van der Waals surface area (Å²) < 4.78 is 41.3. The number of rotatable bonds is 2. The van der Waals surface area contributed by atoms with E-state index in [4.69, 9.17) is 0 Å². The molecule has 72 valence electrons. The van der Waals surface area contributed by atoms with Crippen LogP contribution in [0.4, 0.5) is 12.9 Å². The van der Waals surface area contributed by atoms with Crippen molar-refractivity contribution in [3.63, 3.8) is 0 Å². The molecule has 1 rings (SSSR count). The maximum absolute atomic E-state index is 12.2. The van der Waals surface area contributed by atoms with Crippen molar-refractivity contribution >= 4 is 28.4 Å². The van der Waals surface area contributed by atoms with Gasteiger partial charge < -0.3 is 17.7 Å². The smallest absolute Gasteiger partial charge is 0.481 e. The van der Waals surface area contributed by atoms with Crippen molar-refractivity contribution < 1.29 is 69.1 Å². The van der Waals surface area contributed by atoms with Crippen LogP contribution in [0.3, 0.4) is 0 Å². The van der Waals surface area contributed by atoms with Gasteiger partial charge in [0.05, 0.1) is 7.11 Å². The third-order valence-corrected chi connectivity index (χ3v) is 2.11. The molecule has 0 unspecified atom stereocenters. The van der Waals surface area contributed by atoms with Gasteiger partial charge in [0.2, 0.25) is 5.88 Å². The first-order chi connectivity index (χ1) is 5.95. The van der Waals surface area contributed by atoms with E-state index < -0.39 is 12.4 Å². The molecule has 0 amide bonds. The first-order valence-corrected chi connectivity index (χ1v) is 4.14. The van der Waals surface area contributed by atoms with E-state index >= 15 is 0 Å². The molecular weight excluding hydrogens is 289 g/mol. The van der Waals surface area contributed by atoms with Crippen LogP contribution < -0.4 is 61.6 Å². The number of methoxy groups -OCH3 is 1. The van der Waals surface area contributed by atoms with Crippen LogP contribution in [0.2, 0.25) is 0 Å². The third kappa shape index (κ3) is 3.82. The molecule has 0 aliphatic rings. The Balaban J connectivity index is 0.00000169. The van der Waals surface area contributed by atoms with E-state index in [9.17, 15) is 12.9 Å². The molecule has 1 aromatic rings. The van der Waals surface area contributed by atoms with E-state index in [1.165, 1.54) is 13.2 Å². The summed E-state index contributed by atoms with van der Waals surface area (Å²) in [6.07, 6.45) is 0.753. The molecule has 8 heteroatoms. The van der Waals surface area contributed by atoms with Crippen LogP contribution in [0.15, 0.2) is 16.7 Å². The second-order valence-electron chi connectivity index (χ2n) is 2.32. The van der Waals surface area contributed by atoms with Gasteiger partial charge in [-0.25, -0.2) is 4.98 Å². The molecule has 0 aliphatic carbocycles. The van der Waals surface area contributed by atoms with Crippen molar-refractivity contribution in [2.45, 2.75) is 0 Å². The van der Waals surface area contributed by atoms with Gasteiger partial charge in [-0.15, -0.1) is 0 Å². The van der Waals surface area contributed by atoms with E-state index in [1.54, 1.807) is 0 Å². The minimum Gasteiger partial charge on any atom is -0.481 e. The van der Waals surface area contributed by atoms with Crippen LogP contribution in [0.5, 0.6) is 5.88 Å². The summed E-state index contributed by atoms with van der Waals surface area (Å²) in [7, 11) is 1.34. The van der Waals surface area contributed by atoms with E-state index in [0.29, 0.717) is 0 Å². The van der Waals surface area contributed by atoms with Gasteiger partial charge >= 0.3 is 58.4 Å². The van der Waals surface area contributed by atoms with Gasteiger partial charge in [-0.3, -0.25) is 0 Å². The van der Waals surface area contributed by atoms with Crippen LogP contribution in [-0.4, -0.2) is 19.1 Å². The predicted molar refractivity (Wildman–Crippen MR) is 47.2 cm³/mol. The fourth-order valence-electron chi connectivity index (χ4n) is 0.776. The van der Waals surface area contributed by atoms with Crippen LogP contribution >= 0.6 is 15.9 Å². The maximum atomic E-state index is 12.2. The minimum atomic E-state index is -5.02. The molecule has 0 bridgehead atoms. The zero-order chi connectivity index (χ0) is 10.1. The fraction of sp³-hybridized carbons (Fsp3) is 0.167. The standard InChI is InChI=1S/C6H5BBrF3NO.K/c1-13-6-2-5(8)4(3-12-6)7(9,10)11;/h2-3H,1H3;/q-1;+1. The van der Waals surface area contributed by atoms with Crippen molar-refractivity contribution in [1.29, 1.82) is 0 Å². The molecule has 0 radical (unpaired) electrons. The van der Waals surface area contributed by atoms with Gasteiger partial charge in [-0.05, 0) is 4.47 Å². The molecule has 14 heavy (non-hydrogen) atoms. The van der Waals surface area contributed by atoms with Crippen LogP contribution in [0.1, 0.15) is 0 Å². The number of hydrogen-bond acceptors (Lipinski definition) is 2. The zero-order valence-corrected chi connectivity index (χ0v) is 12.3. The largest absolute Gasteiger partial charge is 1.00 e. The summed E-state index contributed by atoms with van der Waals surface area (Å²) in [6.45, 7) is -5.02. The van der Waals surface area contributed by atoms with Crippen molar-refractivity contribution in [2.75, 3.05) is 7.11 Å². The number of hydrogen-bond donors (Lipinski definition) is 0. The molecule has 1 aromatic heterocycles. The quantitative estimate of drug-likeness (QED) is 0.647. The predicted octanol–water partition coefficient (Wildman–Crippen LogP) is -1.09. The molecule has 0 aliphatic heterocycles. The SMILES string of the molecule is COc1cc(Br)c([B-](F)(F)F)cn1.[K+]. The summed E-state index contributed by atoms with van der Waals surface area (Å²) in [4.78, 5) is 3.47. The normalized spacial score (nSPS) is 10.6. The molecule has 1 heterocycles. The molecular formula is C6H5BBrF3KNO. The molecule has 0 saturated heterocycles. The van der Waals surface area contributed by atoms with Gasteiger partial charge in [0.25, 0.3) is 0 Å². The van der Waals surface area contributed by atoms with Crippen LogP contribution in [0, 0.1) is 0 Å². The summed E-state index contributed by atoms with van der Waals surface area (Å²) in [5.41, 5.74) is -0.749.